The van der Waals surface area contributed by atoms with E-state index in [1.54, 1.807) is 36.4 Å². The van der Waals surface area contributed by atoms with Gasteiger partial charge in [0.2, 0.25) is 0 Å². The van der Waals surface area contributed by atoms with Gasteiger partial charge in [-0.3, -0.25) is 0 Å². The van der Waals surface area contributed by atoms with E-state index < -0.39 is 10.0 Å². The Kier molecular flexibility index (Phi) is 5.32. The standard InChI is InChI=1S/C18H19FN4O2S/c1-2-4-14-7-9-17(10-8-14)26(24,25)22-18-20-13-23(21-18)12-15-5-3-6-16(19)11-15/h3,5-11,13H,2,4,12H2,1H3,(H,21,22). The zero-order valence-corrected chi connectivity index (χ0v) is 15.1. The quantitative estimate of drug-likeness (QED) is 0.689. The van der Waals surface area contributed by atoms with E-state index in [9.17, 15) is 12.8 Å². The van der Waals surface area contributed by atoms with Gasteiger partial charge in [0.25, 0.3) is 16.0 Å². The Morgan fingerprint density at radius 3 is 2.58 bits per heavy atom. The molecule has 0 amide bonds. The fraction of sp³-hybridized carbons (Fsp3) is 0.222. The van der Waals surface area contributed by atoms with E-state index in [-0.39, 0.29) is 23.2 Å². The molecule has 0 aliphatic heterocycles. The largest absolute Gasteiger partial charge is 0.264 e. The molecule has 0 radical (unpaired) electrons. The third kappa shape index (κ3) is 4.45. The average Bonchev–Trinajstić information content (AvgIpc) is 3.02. The Hall–Kier alpha value is -2.74. The molecule has 0 saturated carbocycles. The number of hydrogen-bond donors (Lipinski definition) is 1. The van der Waals surface area contributed by atoms with E-state index in [0.717, 1.165) is 18.4 Å². The fourth-order valence-corrected chi connectivity index (χ4v) is 3.49. The first kappa shape index (κ1) is 18.1. The number of rotatable bonds is 7. The third-order valence-corrected chi connectivity index (χ3v) is 5.11. The van der Waals surface area contributed by atoms with Crippen LogP contribution in [-0.4, -0.2) is 23.2 Å². The Labute approximate surface area is 151 Å². The maximum atomic E-state index is 13.2. The van der Waals surface area contributed by atoms with Gasteiger partial charge in [-0.15, -0.1) is 5.10 Å². The Balaban J connectivity index is 1.71. The second-order valence-corrected chi connectivity index (χ2v) is 7.58. The van der Waals surface area contributed by atoms with Gasteiger partial charge in [-0.05, 0) is 41.8 Å². The first-order valence-corrected chi connectivity index (χ1v) is 9.70. The lowest BCUT2D eigenvalue weighted by molar-refractivity contribution is 0.600. The minimum Gasteiger partial charge on any atom is -0.246 e. The summed E-state index contributed by atoms with van der Waals surface area (Å²) < 4.78 is 41.9. The van der Waals surface area contributed by atoms with Crippen LogP contribution < -0.4 is 4.72 Å². The maximum Gasteiger partial charge on any atom is 0.264 e. The SMILES string of the molecule is CCCc1ccc(S(=O)(=O)Nc2ncn(Cc3cccc(F)c3)n2)cc1. The lowest BCUT2D eigenvalue weighted by Gasteiger charge is -2.06. The summed E-state index contributed by atoms with van der Waals surface area (Å²) in [5.41, 5.74) is 1.79. The van der Waals surface area contributed by atoms with Crippen molar-refractivity contribution in [3.63, 3.8) is 0 Å². The van der Waals surface area contributed by atoms with E-state index in [0.29, 0.717) is 5.56 Å². The molecular formula is C18H19FN4O2S. The molecule has 1 aromatic heterocycles. The normalized spacial score (nSPS) is 11.5. The monoisotopic (exact) mass is 374 g/mol. The predicted molar refractivity (Wildman–Crippen MR) is 96.8 cm³/mol. The van der Waals surface area contributed by atoms with E-state index in [4.69, 9.17) is 0 Å². The molecule has 2 aromatic carbocycles. The summed E-state index contributed by atoms with van der Waals surface area (Å²) in [7, 11) is -3.76. The molecule has 0 fully saturated rings. The lowest BCUT2D eigenvalue weighted by Crippen LogP contribution is -2.14. The third-order valence-electron chi connectivity index (χ3n) is 3.77. The van der Waals surface area contributed by atoms with Gasteiger partial charge in [-0.2, -0.15) is 4.98 Å². The first-order valence-electron chi connectivity index (χ1n) is 8.22. The summed E-state index contributed by atoms with van der Waals surface area (Å²) in [5.74, 6) is -0.367. The van der Waals surface area contributed by atoms with Crippen molar-refractivity contribution in [2.75, 3.05) is 4.72 Å². The van der Waals surface area contributed by atoms with Gasteiger partial charge in [0.15, 0.2) is 0 Å². The van der Waals surface area contributed by atoms with Crippen LogP contribution in [0.3, 0.4) is 0 Å². The zero-order chi connectivity index (χ0) is 18.6. The van der Waals surface area contributed by atoms with Gasteiger partial charge in [-0.1, -0.05) is 37.6 Å². The van der Waals surface area contributed by atoms with Crippen molar-refractivity contribution in [3.8, 4) is 0 Å². The number of nitrogens with one attached hydrogen (secondary N) is 1. The predicted octanol–water partition coefficient (Wildman–Crippen LogP) is 3.22. The van der Waals surface area contributed by atoms with Crippen molar-refractivity contribution < 1.29 is 12.8 Å². The lowest BCUT2D eigenvalue weighted by atomic mass is 10.1. The summed E-state index contributed by atoms with van der Waals surface area (Å²) in [6.45, 7) is 2.36. The minimum absolute atomic E-state index is 0.0287. The molecule has 6 nitrogen and oxygen atoms in total. The number of nitrogens with zero attached hydrogens (tertiary/aromatic N) is 3. The number of benzene rings is 2. The van der Waals surface area contributed by atoms with Crippen LogP contribution in [0.5, 0.6) is 0 Å². The Morgan fingerprint density at radius 2 is 1.88 bits per heavy atom. The summed E-state index contributed by atoms with van der Waals surface area (Å²) in [6, 6.07) is 12.8. The van der Waals surface area contributed by atoms with Gasteiger partial charge < -0.3 is 0 Å². The van der Waals surface area contributed by atoms with E-state index >= 15 is 0 Å². The molecule has 3 rings (SSSR count). The van der Waals surface area contributed by atoms with Crippen molar-refractivity contribution in [2.45, 2.75) is 31.2 Å². The molecule has 26 heavy (non-hydrogen) atoms. The highest BCUT2D eigenvalue weighted by atomic mass is 32.2. The van der Waals surface area contributed by atoms with Crippen LogP contribution in [0.15, 0.2) is 59.8 Å². The highest BCUT2D eigenvalue weighted by molar-refractivity contribution is 7.92. The molecule has 0 unspecified atom stereocenters. The molecule has 136 valence electrons. The van der Waals surface area contributed by atoms with Crippen LogP contribution in [0, 0.1) is 5.82 Å². The molecule has 0 saturated heterocycles. The van der Waals surface area contributed by atoms with Crippen LogP contribution in [0.1, 0.15) is 24.5 Å². The Morgan fingerprint density at radius 1 is 1.12 bits per heavy atom. The van der Waals surface area contributed by atoms with E-state index in [1.807, 2.05) is 0 Å². The number of anilines is 1. The molecule has 0 aliphatic rings. The first-order chi connectivity index (χ1) is 12.5. The summed E-state index contributed by atoms with van der Waals surface area (Å²) in [4.78, 5) is 4.11. The average molecular weight is 374 g/mol. The summed E-state index contributed by atoms with van der Waals surface area (Å²) in [6.07, 6.45) is 3.30. The topological polar surface area (TPSA) is 76.9 Å². The van der Waals surface area contributed by atoms with Crippen LogP contribution in [-0.2, 0) is 23.0 Å². The van der Waals surface area contributed by atoms with Gasteiger partial charge in [-0.25, -0.2) is 22.2 Å². The van der Waals surface area contributed by atoms with Crippen LogP contribution in [0.25, 0.3) is 0 Å². The van der Waals surface area contributed by atoms with Crippen molar-refractivity contribution in [1.29, 1.82) is 0 Å². The van der Waals surface area contributed by atoms with Gasteiger partial charge in [0.05, 0.1) is 11.4 Å². The zero-order valence-electron chi connectivity index (χ0n) is 14.3. The van der Waals surface area contributed by atoms with Crippen LogP contribution in [0.4, 0.5) is 10.3 Å². The Bertz CT molecular complexity index is 984. The molecule has 0 spiro atoms. The molecule has 1 heterocycles. The molecule has 0 atom stereocenters. The van der Waals surface area contributed by atoms with Gasteiger partial charge >= 0.3 is 0 Å². The number of aromatic nitrogens is 3. The molecule has 0 bridgehead atoms. The number of aryl methyl sites for hydroxylation is 1. The van der Waals surface area contributed by atoms with Crippen molar-refractivity contribution in [2.24, 2.45) is 0 Å². The van der Waals surface area contributed by atoms with E-state index in [2.05, 4.69) is 21.7 Å². The molecule has 8 heteroatoms. The fourth-order valence-electron chi connectivity index (χ4n) is 2.54. The minimum atomic E-state index is -3.76. The van der Waals surface area contributed by atoms with E-state index in [1.165, 1.54) is 23.1 Å². The maximum absolute atomic E-state index is 13.2. The number of sulfonamides is 1. The highest BCUT2D eigenvalue weighted by Crippen LogP contribution is 2.15. The number of hydrogen-bond acceptors (Lipinski definition) is 4. The van der Waals surface area contributed by atoms with Crippen LogP contribution in [0.2, 0.25) is 0 Å². The van der Waals surface area contributed by atoms with Gasteiger partial charge in [0.1, 0.15) is 12.1 Å². The smallest absolute Gasteiger partial charge is 0.246 e. The van der Waals surface area contributed by atoms with Crippen LogP contribution >= 0.6 is 0 Å². The molecular weight excluding hydrogens is 355 g/mol. The second-order valence-electron chi connectivity index (χ2n) is 5.90. The molecule has 1 N–H and O–H groups in total. The summed E-state index contributed by atoms with van der Waals surface area (Å²) in [5, 5.41) is 4.09. The molecule has 3 aromatic rings. The van der Waals surface area contributed by atoms with Crippen molar-refractivity contribution in [3.05, 3.63) is 71.8 Å². The molecule has 0 aliphatic carbocycles. The highest BCUT2D eigenvalue weighted by Gasteiger charge is 2.16. The number of halogens is 1. The second kappa shape index (κ2) is 7.65. The van der Waals surface area contributed by atoms with Crippen molar-refractivity contribution in [1.82, 2.24) is 14.8 Å². The van der Waals surface area contributed by atoms with Gasteiger partial charge in [0, 0.05) is 0 Å². The summed E-state index contributed by atoms with van der Waals surface area (Å²) >= 11 is 0. The van der Waals surface area contributed by atoms with Crippen molar-refractivity contribution >= 4 is 16.0 Å².